The van der Waals surface area contributed by atoms with Gasteiger partial charge in [-0.25, -0.2) is 0 Å². The Morgan fingerprint density at radius 1 is 0.850 bits per heavy atom. The molecule has 0 N–H and O–H groups in total. The van der Waals surface area contributed by atoms with Gasteiger partial charge in [0.25, 0.3) is 0 Å². The molecular formula is C19H24O. The summed E-state index contributed by atoms with van der Waals surface area (Å²) in [6.07, 6.45) is 5.82. The van der Waals surface area contributed by atoms with Crippen LogP contribution in [0.3, 0.4) is 0 Å². The van der Waals surface area contributed by atoms with E-state index < -0.39 is 0 Å². The summed E-state index contributed by atoms with van der Waals surface area (Å²) in [6, 6.07) is 17.3. The van der Waals surface area contributed by atoms with Crippen LogP contribution in [0.25, 0.3) is 0 Å². The maximum atomic E-state index is 5.41. The van der Waals surface area contributed by atoms with Gasteiger partial charge in [0.1, 0.15) is 5.75 Å². The second kappa shape index (κ2) is 7.74. The van der Waals surface area contributed by atoms with E-state index in [4.69, 9.17) is 4.74 Å². The Kier molecular flexibility index (Phi) is 5.67. The Labute approximate surface area is 122 Å². The molecule has 0 aliphatic carbocycles. The molecule has 0 atom stereocenters. The van der Waals surface area contributed by atoms with Gasteiger partial charge < -0.3 is 4.74 Å². The topological polar surface area (TPSA) is 9.23 Å². The summed E-state index contributed by atoms with van der Waals surface area (Å²) in [7, 11) is 1.74. The summed E-state index contributed by atoms with van der Waals surface area (Å²) in [5.74, 6) is 0.995. The Morgan fingerprint density at radius 3 is 2.35 bits per heavy atom. The molecule has 0 saturated carbocycles. The highest BCUT2D eigenvalue weighted by Crippen LogP contribution is 2.20. The Balaban J connectivity index is 1.99. The number of methoxy groups -OCH3 is 1. The maximum Gasteiger partial charge on any atom is 0.122 e. The highest BCUT2D eigenvalue weighted by Gasteiger charge is 2.03. The highest BCUT2D eigenvalue weighted by molar-refractivity contribution is 5.34. The largest absolute Gasteiger partial charge is 0.496 e. The van der Waals surface area contributed by atoms with Crippen LogP contribution >= 0.6 is 0 Å². The van der Waals surface area contributed by atoms with Crippen LogP contribution in [-0.4, -0.2) is 7.11 Å². The zero-order valence-electron chi connectivity index (χ0n) is 12.6. The molecule has 0 amide bonds. The van der Waals surface area contributed by atoms with Crippen molar-refractivity contribution in [1.82, 2.24) is 0 Å². The third kappa shape index (κ3) is 4.12. The molecule has 0 spiro atoms. The van der Waals surface area contributed by atoms with E-state index in [1.165, 1.54) is 36.0 Å². The van der Waals surface area contributed by atoms with E-state index in [0.717, 1.165) is 18.6 Å². The van der Waals surface area contributed by atoms with Gasteiger partial charge in [-0.1, -0.05) is 55.8 Å². The second-order valence-corrected chi connectivity index (χ2v) is 5.24. The molecule has 0 radical (unpaired) electrons. The van der Waals surface area contributed by atoms with Gasteiger partial charge in [-0.05, 0) is 48.4 Å². The van der Waals surface area contributed by atoms with Crippen molar-refractivity contribution in [2.24, 2.45) is 0 Å². The van der Waals surface area contributed by atoms with E-state index in [1.807, 2.05) is 12.1 Å². The van der Waals surface area contributed by atoms with Crippen LogP contribution in [0.1, 0.15) is 36.5 Å². The first-order valence-corrected chi connectivity index (χ1v) is 7.53. The number of para-hydroxylation sites is 1. The van der Waals surface area contributed by atoms with Crippen molar-refractivity contribution in [2.75, 3.05) is 7.11 Å². The van der Waals surface area contributed by atoms with E-state index in [-0.39, 0.29) is 0 Å². The number of hydrogen-bond acceptors (Lipinski definition) is 1. The van der Waals surface area contributed by atoms with Crippen LogP contribution in [-0.2, 0) is 19.3 Å². The molecule has 0 heterocycles. The second-order valence-electron chi connectivity index (χ2n) is 5.24. The molecule has 106 valence electrons. The zero-order valence-corrected chi connectivity index (χ0v) is 12.6. The first kappa shape index (κ1) is 14.6. The summed E-state index contributed by atoms with van der Waals surface area (Å²) in [4.78, 5) is 0. The number of ether oxygens (including phenoxy) is 1. The Hall–Kier alpha value is -1.76. The minimum atomic E-state index is 0.995. The van der Waals surface area contributed by atoms with Gasteiger partial charge in [0.2, 0.25) is 0 Å². The van der Waals surface area contributed by atoms with Gasteiger partial charge in [0.15, 0.2) is 0 Å². The predicted molar refractivity (Wildman–Crippen MR) is 85.5 cm³/mol. The summed E-state index contributed by atoms with van der Waals surface area (Å²) in [5.41, 5.74) is 4.17. The Morgan fingerprint density at radius 2 is 1.60 bits per heavy atom. The number of aryl methyl sites for hydroxylation is 3. The van der Waals surface area contributed by atoms with E-state index in [1.54, 1.807) is 7.11 Å². The normalized spacial score (nSPS) is 10.5. The maximum absolute atomic E-state index is 5.41. The van der Waals surface area contributed by atoms with Crippen molar-refractivity contribution >= 4 is 0 Å². The molecule has 0 aromatic heterocycles. The van der Waals surface area contributed by atoms with E-state index in [2.05, 4.69) is 43.3 Å². The SMILES string of the molecule is CCCCc1cccc(CCc2ccccc2OC)c1. The van der Waals surface area contributed by atoms with Crippen LogP contribution in [0.4, 0.5) is 0 Å². The molecule has 0 unspecified atom stereocenters. The van der Waals surface area contributed by atoms with Gasteiger partial charge in [-0.15, -0.1) is 0 Å². The lowest BCUT2D eigenvalue weighted by molar-refractivity contribution is 0.409. The Bertz CT molecular complexity index is 531. The van der Waals surface area contributed by atoms with Crippen molar-refractivity contribution in [2.45, 2.75) is 39.0 Å². The molecule has 1 nitrogen and oxygen atoms in total. The molecule has 0 aliphatic rings. The number of benzene rings is 2. The fourth-order valence-electron chi connectivity index (χ4n) is 2.51. The van der Waals surface area contributed by atoms with Crippen LogP contribution in [0.15, 0.2) is 48.5 Å². The summed E-state index contributed by atoms with van der Waals surface area (Å²) < 4.78 is 5.41. The smallest absolute Gasteiger partial charge is 0.122 e. The molecule has 2 rings (SSSR count). The first-order valence-electron chi connectivity index (χ1n) is 7.53. The number of unbranched alkanes of at least 4 members (excludes halogenated alkanes) is 1. The van der Waals surface area contributed by atoms with Crippen molar-refractivity contribution in [3.05, 3.63) is 65.2 Å². The van der Waals surface area contributed by atoms with Gasteiger partial charge in [0.05, 0.1) is 7.11 Å². The van der Waals surface area contributed by atoms with Crippen LogP contribution in [0.2, 0.25) is 0 Å². The third-order valence-corrected chi connectivity index (χ3v) is 3.69. The minimum absolute atomic E-state index is 0.995. The minimum Gasteiger partial charge on any atom is -0.496 e. The van der Waals surface area contributed by atoms with E-state index >= 15 is 0 Å². The van der Waals surface area contributed by atoms with Crippen molar-refractivity contribution in [3.8, 4) is 5.75 Å². The highest BCUT2D eigenvalue weighted by atomic mass is 16.5. The van der Waals surface area contributed by atoms with Gasteiger partial charge in [0, 0.05) is 0 Å². The zero-order chi connectivity index (χ0) is 14.2. The van der Waals surface area contributed by atoms with E-state index in [0.29, 0.717) is 0 Å². The average Bonchev–Trinajstić information content (AvgIpc) is 2.51. The lowest BCUT2D eigenvalue weighted by atomic mass is 10.00. The molecular weight excluding hydrogens is 244 g/mol. The lowest BCUT2D eigenvalue weighted by Gasteiger charge is -2.09. The molecule has 2 aromatic rings. The van der Waals surface area contributed by atoms with Crippen LogP contribution < -0.4 is 4.74 Å². The molecule has 2 aromatic carbocycles. The molecule has 0 aliphatic heterocycles. The molecule has 0 fully saturated rings. The monoisotopic (exact) mass is 268 g/mol. The van der Waals surface area contributed by atoms with Gasteiger partial charge in [-0.2, -0.15) is 0 Å². The molecule has 0 bridgehead atoms. The first-order chi connectivity index (χ1) is 9.83. The van der Waals surface area contributed by atoms with Crippen LogP contribution in [0, 0.1) is 0 Å². The van der Waals surface area contributed by atoms with Gasteiger partial charge >= 0.3 is 0 Å². The number of hydrogen-bond donors (Lipinski definition) is 0. The molecule has 0 saturated heterocycles. The van der Waals surface area contributed by atoms with E-state index in [9.17, 15) is 0 Å². The summed E-state index contributed by atoms with van der Waals surface area (Å²) >= 11 is 0. The number of rotatable bonds is 7. The van der Waals surface area contributed by atoms with Gasteiger partial charge in [-0.3, -0.25) is 0 Å². The summed E-state index contributed by atoms with van der Waals surface area (Å²) in [5, 5.41) is 0. The fraction of sp³-hybridized carbons (Fsp3) is 0.368. The molecule has 20 heavy (non-hydrogen) atoms. The quantitative estimate of drug-likeness (QED) is 0.699. The molecule has 1 heteroatoms. The third-order valence-electron chi connectivity index (χ3n) is 3.69. The predicted octanol–water partition coefficient (Wildman–Crippen LogP) is 4.82. The standard InChI is InChI=1S/C19H24O/c1-3-4-8-16-9-7-10-17(15-16)13-14-18-11-5-6-12-19(18)20-2/h5-7,9-12,15H,3-4,8,13-14H2,1-2H3. The fourth-order valence-corrected chi connectivity index (χ4v) is 2.51. The average molecular weight is 268 g/mol. The van der Waals surface area contributed by atoms with Crippen molar-refractivity contribution in [1.29, 1.82) is 0 Å². The summed E-state index contributed by atoms with van der Waals surface area (Å²) in [6.45, 7) is 2.24. The van der Waals surface area contributed by atoms with Crippen molar-refractivity contribution in [3.63, 3.8) is 0 Å². The van der Waals surface area contributed by atoms with Crippen LogP contribution in [0.5, 0.6) is 5.75 Å². The lowest BCUT2D eigenvalue weighted by Crippen LogP contribution is -1.96. The van der Waals surface area contributed by atoms with Crippen molar-refractivity contribution < 1.29 is 4.74 Å².